The average molecular weight is 264 g/mol. The van der Waals surface area contributed by atoms with Gasteiger partial charge in [-0.3, -0.25) is 9.48 Å². The maximum absolute atomic E-state index is 13.5. The van der Waals surface area contributed by atoms with E-state index < -0.39 is 11.7 Å². The molecule has 0 aliphatic rings. The highest BCUT2D eigenvalue weighted by Crippen LogP contribution is 2.22. The topological polar surface area (TPSA) is 93.2 Å². The molecule has 0 aliphatic carbocycles. The Labute approximate surface area is 108 Å². The Kier molecular flexibility index (Phi) is 3.12. The first-order chi connectivity index (χ1) is 8.90. The van der Waals surface area contributed by atoms with E-state index in [1.165, 1.54) is 16.8 Å². The van der Waals surface area contributed by atoms with Gasteiger partial charge in [0.1, 0.15) is 11.6 Å². The second kappa shape index (κ2) is 4.60. The fourth-order valence-electron chi connectivity index (χ4n) is 1.69. The number of nitrogens with zero attached hydrogens (tertiary/aromatic N) is 2. The van der Waals surface area contributed by atoms with Crippen LogP contribution in [-0.2, 0) is 7.05 Å². The van der Waals surface area contributed by atoms with Crippen molar-refractivity contribution >= 4 is 17.4 Å². The van der Waals surface area contributed by atoms with Crippen molar-refractivity contribution in [2.75, 3.05) is 11.1 Å². The van der Waals surface area contributed by atoms with E-state index in [1.807, 2.05) is 0 Å². The predicted molar refractivity (Wildman–Crippen MR) is 68.4 cm³/mol. The minimum atomic E-state index is -0.810. The third-order valence-corrected chi connectivity index (χ3v) is 2.70. The molecule has 2 rings (SSSR count). The summed E-state index contributed by atoms with van der Waals surface area (Å²) in [7, 11) is 1.62. The number of carbonyl (C=O) groups excluding carboxylic acids is 1. The summed E-state index contributed by atoms with van der Waals surface area (Å²) in [6, 6.07) is 3.29. The van der Waals surface area contributed by atoms with E-state index in [4.69, 9.17) is 10.8 Å². The van der Waals surface area contributed by atoms with Crippen molar-refractivity contribution in [2.24, 2.45) is 7.05 Å². The molecule has 4 N–H and O–H groups in total. The number of aromatic nitrogens is 2. The Morgan fingerprint density at radius 2 is 2.21 bits per heavy atom. The molecular weight excluding hydrogens is 251 g/mol. The normalized spacial score (nSPS) is 10.5. The number of aryl methyl sites for hydroxylation is 2. The maximum atomic E-state index is 13.5. The van der Waals surface area contributed by atoms with Gasteiger partial charge in [-0.15, -0.1) is 0 Å². The summed E-state index contributed by atoms with van der Waals surface area (Å²) >= 11 is 0. The molecule has 1 amide bonds. The van der Waals surface area contributed by atoms with Crippen LogP contribution in [-0.4, -0.2) is 20.8 Å². The third-order valence-electron chi connectivity index (χ3n) is 2.70. The lowest BCUT2D eigenvalue weighted by atomic mass is 10.2. The second-order valence-electron chi connectivity index (χ2n) is 4.09. The number of benzene rings is 1. The molecule has 0 bridgehead atoms. The van der Waals surface area contributed by atoms with Gasteiger partial charge in [-0.2, -0.15) is 5.10 Å². The maximum Gasteiger partial charge on any atom is 0.259 e. The Morgan fingerprint density at radius 1 is 1.53 bits per heavy atom. The van der Waals surface area contributed by atoms with Crippen LogP contribution in [0.15, 0.2) is 18.2 Å². The fraction of sp³-hybridized carbons (Fsp3) is 0.167. The minimum Gasteiger partial charge on any atom is -0.508 e. The number of phenolic OH excluding ortho intramolecular Hbond substituents is 1. The van der Waals surface area contributed by atoms with Gasteiger partial charge in [0.05, 0.1) is 16.9 Å². The monoisotopic (exact) mass is 264 g/mol. The van der Waals surface area contributed by atoms with Crippen LogP contribution in [0.3, 0.4) is 0 Å². The van der Waals surface area contributed by atoms with Crippen LogP contribution in [0.4, 0.5) is 15.9 Å². The highest BCUT2D eigenvalue weighted by Gasteiger charge is 2.17. The molecular formula is C12H13FN4O2. The lowest BCUT2D eigenvalue weighted by Gasteiger charge is -2.07. The summed E-state index contributed by atoms with van der Waals surface area (Å²) < 4.78 is 14.9. The number of nitrogens with one attached hydrogen (secondary N) is 1. The molecule has 2 aromatic rings. The highest BCUT2D eigenvalue weighted by molar-refractivity contribution is 6.05. The van der Waals surface area contributed by atoms with Gasteiger partial charge in [0, 0.05) is 13.1 Å². The molecule has 0 spiro atoms. The fourth-order valence-corrected chi connectivity index (χ4v) is 1.69. The Hall–Kier alpha value is -2.57. The Balaban J connectivity index is 2.31. The first-order valence-electron chi connectivity index (χ1n) is 5.49. The molecule has 19 heavy (non-hydrogen) atoms. The van der Waals surface area contributed by atoms with Crippen molar-refractivity contribution in [1.82, 2.24) is 9.78 Å². The predicted octanol–water partition coefficient (Wildman–Crippen LogP) is 1.41. The summed E-state index contributed by atoms with van der Waals surface area (Å²) in [5.74, 6) is -1.41. The number of nitrogen functional groups attached to an aromatic ring is 1. The molecule has 6 nitrogen and oxygen atoms in total. The van der Waals surface area contributed by atoms with Gasteiger partial charge >= 0.3 is 0 Å². The summed E-state index contributed by atoms with van der Waals surface area (Å²) in [5, 5.41) is 15.6. The van der Waals surface area contributed by atoms with Crippen molar-refractivity contribution in [3.8, 4) is 5.75 Å². The number of anilines is 2. The SMILES string of the molecule is Cc1nn(C)c(NC(=O)c2ccc(O)cc2F)c1N. The van der Waals surface area contributed by atoms with Crippen LogP contribution in [0.25, 0.3) is 0 Å². The zero-order valence-corrected chi connectivity index (χ0v) is 10.4. The number of aromatic hydroxyl groups is 1. The van der Waals surface area contributed by atoms with Gasteiger partial charge in [-0.25, -0.2) is 4.39 Å². The molecule has 0 unspecified atom stereocenters. The van der Waals surface area contributed by atoms with E-state index in [9.17, 15) is 9.18 Å². The van der Waals surface area contributed by atoms with Crippen LogP contribution >= 0.6 is 0 Å². The largest absolute Gasteiger partial charge is 0.508 e. The molecule has 1 aromatic heterocycles. The Morgan fingerprint density at radius 3 is 2.74 bits per heavy atom. The number of nitrogens with two attached hydrogens (primary N) is 1. The van der Waals surface area contributed by atoms with E-state index in [-0.39, 0.29) is 11.3 Å². The summed E-state index contributed by atoms with van der Waals surface area (Å²) in [6.07, 6.45) is 0. The molecule has 1 heterocycles. The lowest BCUT2D eigenvalue weighted by molar-refractivity contribution is 0.102. The molecule has 0 saturated carbocycles. The van der Waals surface area contributed by atoms with Crippen LogP contribution in [0.2, 0.25) is 0 Å². The first kappa shape index (κ1) is 12.9. The summed E-state index contributed by atoms with van der Waals surface area (Å²) in [5.41, 5.74) is 6.48. The average Bonchev–Trinajstić information content (AvgIpc) is 2.56. The standard InChI is InChI=1S/C12H13FN4O2/c1-6-10(14)11(17(2)16-6)15-12(19)8-4-3-7(18)5-9(8)13/h3-5,18H,14H2,1-2H3,(H,15,19). The Bertz CT molecular complexity index is 651. The smallest absolute Gasteiger partial charge is 0.259 e. The van der Waals surface area contributed by atoms with Crippen LogP contribution < -0.4 is 11.1 Å². The van der Waals surface area contributed by atoms with Gasteiger partial charge in [0.2, 0.25) is 0 Å². The molecule has 100 valence electrons. The van der Waals surface area contributed by atoms with Gasteiger partial charge in [-0.05, 0) is 19.1 Å². The first-order valence-corrected chi connectivity index (χ1v) is 5.49. The molecule has 0 fully saturated rings. The van der Waals surface area contributed by atoms with Crippen molar-refractivity contribution in [3.05, 3.63) is 35.3 Å². The lowest BCUT2D eigenvalue weighted by Crippen LogP contribution is -2.16. The second-order valence-corrected chi connectivity index (χ2v) is 4.09. The highest BCUT2D eigenvalue weighted by atomic mass is 19.1. The number of rotatable bonds is 2. The van der Waals surface area contributed by atoms with E-state index in [1.54, 1.807) is 14.0 Å². The van der Waals surface area contributed by atoms with Gasteiger partial charge < -0.3 is 16.2 Å². The zero-order chi connectivity index (χ0) is 14.2. The number of hydrogen-bond acceptors (Lipinski definition) is 4. The molecule has 1 aromatic carbocycles. The zero-order valence-electron chi connectivity index (χ0n) is 10.4. The summed E-state index contributed by atoms with van der Waals surface area (Å²) in [6.45, 7) is 1.70. The molecule has 0 aliphatic heterocycles. The number of amides is 1. The molecule has 7 heteroatoms. The van der Waals surface area contributed by atoms with Crippen molar-refractivity contribution < 1.29 is 14.3 Å². The number of hydrogen-bond donors (Lipinski definition) is 3. The number of carbonyl (C=O) groups is 1. The van der Waals surface area contributed by atoms with Crippen molar-refractivity contribution in [2.45, 2.75) is 6.92 Å². The molecule has 0 radical (unpaired) electrons. The van der Waals surface area contributed by atoms with Crippen molar-refractivity contribution in [1.29, 1.82) is 0 Å². The van der Waals surface area contributed by atoms with E-state index in [0.29, 0.717) is 17.2 Å². The van der Waals surface area contributed by atoms with Crippen LogP contribution in [0.5, 0.6) is 5.75 Å². The van der Waals surface area contributed by atoms with E-state index in [2.05, 4.69) is 10.4 Å². The summed E-state index contributed by atoms with van der Waals surface area (Å²) in [4.78, 5) is 11.9. The van der Waals surface area contributed by atoms with E-state index >= 15 is 0 Å². The van der Waals surface area contributed by atoms with Gasteiger partial charge in [-0.1, -0.05) is 0 Å². The van der Waals surface area contributed by atoms with Gasteiger partial charge in [0.15, 0.2) is 5.82 Å². The quantitative estimate of drug-likeness (QED) is 0.764. The van der Waals surface area contributed by atoms with Crippen molar-refractivity contribution in [3.63, 3.8) is 0 Å². The number of phenols is 1. The van der Waals surface area contributed by atoms with Crippen LogP contribution in [0, 0.1) is 12.7 Å². The molecule has 0 saturated heterocycles. The third kappa shape index (κ3) is 2.35. The van der Waals surface area contributed by atoms with Crippen LogP contribution in [0.1, 0.15) is 16.1 Å². The minimum absolute atomic E-state index is 0.184. The van der Waals surface area contributed by atoms with E-state index in [0.717, 1.165) is 6.07 Å². The molecule has 0 atom stereocenters. The van der Waals surface area contributed by atoms with Gasteiger partial charge in [0.25, 0.3) is 5.91 Å². The number of halogens is 1.